The molecule has 1 aromatic heterocycles. The topological polar surface area (TPSA) is 45.7 Å². The molecule has 6 heteroatoms. The fourth-order valence-corrected chi connectivity index (χ4v) is 2.99. The Bertz CT molecular complexity index is 396. The third-order valence-electron chi connectivity index (χ3n) is 2.57. The molecule has 0 aliphatic rings. The number of rotatable bonds is 9. The molecule has 0 aromatic carbocycles. The van der Waals surface area contributed by atoms with Gasteiger partial charge in [0.25, 0.3) is 0 Å². The molecule has 0 unspecified atom stereocenters. The van der Waals surface area contributed by atoms with Gasteiger partial charge in [-0.05, 0) is 48.7 Å². The van der Waals surface area contributed by atoms with E-state index in [1.807, 2.05) is 6.92 Å². The van der Waals surface area contributed by atoms with Crippen molar-refractivity contribution >= 4 is 33.2 Å². The van der Waals surface area contributed by atoms with Gasteiger partial charge in [-0.25, -0.2) is 4.99 Å². The summed E-state index contributed by atoms with van der Waals surface area (Å²) in [5.41, 5.74) is 0. The Morgan fingerprint density at radius 3 is 2.85 bits per heavy atom. The first kappa shape index (κ1) is 17.5. The highest BCUT2D eigenvalue weighted by Crippen LogP contribution is 2.20. The van der Waals surface area contributed by atoms with Gasteiger partial charge in [0.1, 0.15) is 0 Å². The zero-order valence-corrected chi connectivity index (χ0v) is 14.6. The van der Waals surface area contributed by atoms with Gasteiger partial charge in [-0.3, -0.25) is 0 Å². The molecule has 4 nitrogen and oxygen atoms in total. The maximum atomic E-state index is 5.32. The highest BCUT2D eigenvalue weighted by Gasteiger charge is 1.99. The van der Waals surface area contributed by atoms with E-state index in [0.29, 0.717) is 6.54 Å². The van der Waals surface area contributed by atoms with E-state index < -0.39 is 0 Å². The first-order valence-corrected chi connectivity index (χ1v) is 8.76. The molecule has 0 radical (unpaired) electrons. The molecular weight excluding hydrogens is 338 g/mol. The summed E-state index contributed by atoms with van der Waals surface area (Å²) in [4.78, 5) is 5.84. The molecule has 0 aliphatic carbocycles. The van der Waals surface area contributed by atoms with Gasteiger partial charge in [0.15, 0.2) is 5.96 Å². The van der Waals surface area contributed by atoms with E-state index in [9.17, 15) is 0 Å². The Labute approximate surface area is 134 Å². The van der Waals surface area contributed by atoms with Gasteiger partial charge in [-0.1, -0.05) is 0 Å². The Morgan fingerprint density at radius 1 is 1.35 bits per heavy atom. The minimum atomic E-state index is 0.713. The molecule has 2 N–H and O–H groups in total. The predicted octanol–water partition coefficient (Wildman–Crippen LogP) is 3.38. The minimum absolute atomic E-state index is 0.713. The highest BCUT2D eigenvalue weighted by atomic mass is 79.9. The largest absolute Gasteiger partial charge is 0.382 e. The number of nitrogens with one attached hydrogen (secondary N) is 2. The minimum Gasteiger partial charge on any atom is -0.382 e. The maximum Gasteiger partial charge on any atom is 0.191 e. The van der Waals surface area contributed by atoms with Crippen molar-refractivity contribution in [2.45, 2.75) is 33.2 Å². The van der Waals surface area contributed by atoms with Crippen LogP contribution in [0.15, 0.2) is 20.9 Å². The molecule has 0 saturated heterocycles. The lowest BCUT2D eigenvalue weighted by Crippen LogP contribution is -2.37. The lowest BCUT2D eigenvalue weighted by molar-refractivity contribution is 0.143. The fourth-order valence-electron chi connectivity index (χ4n) is 1.62. The van der Waals surface area contributed by atoms with E-state index in [0.717, 1.165) is 49.6 Å². The number of nitrogens with zero attached hydrogens (tertiary/aromatic N) is 1. The van der Waals surface area contributed by atoms with Crippen LogP contribution in [-0.4, -0.2) is 32.3 Å². The lowest BCUT2D eigenvalue weighted by atomic mass is 10.3. The van der Waals surface area contributed by atoms with Gasteiger partial charge in [0.05, 0.1) is 6.54 Å². The molecular formula is C14H24BrN3OS. The average molecular weight is 362 g/mol. The van der Waals surface area contributed by atoms with Gasteiger partial charge >= 0.3 is 0 Å². The number of guanidine groups is 1. The third-order valence-corrected chi connectivity index (χ3v) is 4.25. The van der Waals surface area contributed by atoms with Crippen LogP contribution in [0.2, 0.25) is 0 Å². The lowest BCUT2D eigenvalue weighted by Gasteiger charge is -2.10. The zero-order valence-electron chi connectivity index (χ0n) is 12.2. The van der Waals surface area contributed by atoms with Gasteiger partial charge in [-0.15, -0.1) is 11.3 Å². The second kappa shape index (κ2) is 11.1. The molecule has 20 heavy (non-hydrogen) atoms. The Balaban J connectivity index is 2.28. The van der Waals surface area contributed by atoms with Gasteiger partial charge in [0, 0.05) is 41.0 Å². The van der Waals surface area contributed by atoms with E-state index in [4.69, 9.17) is 4.74 Å². The van der Waals surface area contributed by atoms with Crippen molar-refractivity contribution in [2.75, 3.05) is 26.3 Å². The molecule has 0 atom stereocenters. The van der Waals surface area contributed by atoms with Crippen molar-refractivity contribution in [1.29, 1.82) is 0 Å². The van der Waals surface area contributed by atoms with E-state index in [1.54, 1.807) is 11.3 Å². The monoisotopic (exact) mass is 361 g/mol. The van der Waals surface area contributed by atoms with Crippen LogP contribution in [0.3, 0.4) is 0 Å². The first-order valence-electron chi connectivity index (χ1n) is 7.09. The number of hydrogen-bond acceptors (Lipinski definition) is 3. The first-order chi connectivity index (χ1) is 9.76. The Hall–Kier alpha value is -0.590. The quantitative estimate of drug-likeness (QED) is 0.402. The standard InChI is InChI=1S/C14H24BrN3OS/c1-3-16-14(17-7-5-6-8-19-4-2)18-10-13-9-12(15)11-20-13/h9,11H,3-8,10H2,1-2H3,(H2,16,17,18). The van der Waals surface area contributed by atoms with E-state index in [-0.39, 0.29) is 0 Å². The van der Waals surface area contributed by atoms with Crippen LogP contribution in [0.25, 0.3) is 0 Å². The third kappa shape index (κ3) is 7.87. The van der Waals surface area contributed by atoms with Crippen molar-refractivity contribution in [1.82, 2.24) is 10.6 Å². The molecule has 0 saturated carbocycles. The van der Waals surface area contributed by atoms with Crippen LogP contribution < -0.4 is 10.6 Å². The van der Waals surface area contributed by atoms with E-state index >= 15 is 0 Å². The molecule has 0 fully saturated rings. The van der Waals surface area contributed by atoms with Crippen molar-refractivity contribution in [3.05, 3.63) is 20.8 Å². The predicted molar refractivity (Wildman–Crippen MR) is 90.6 cm³/mol. The number of unbranched alkanes of at least 4 members (excludes halogenated alkanes) is 1. The van der Waals surface area contributed by atoms with Crippen LogP contribution in [0.1, 0.15) is 31.6 Å². The Kier molecular flexibility index (Phi) is 9.70. The van der Waals surface area contributed by atoms with Crippen molar-refractivity contribution in [3.63, 3.8) is 0 Å². The SMILES string of the molecule is CCNC(=NCc1cc(Br)cs1)NCCCCOCC. The number of thiophene rings is 1. The molecule has 0 aliphatic heterocycles. The van der Waals surface area contributed by atoms with E-state index in [2.05, 4.69) is 49.9 Å². The second-order valence-corrected chi connectivity index (χ2v) is 6.17. The van der Waals surface area contributed by atoms with Gasteiger partial charge < -0.3 is 15.4 Å². The molecule has 114 valence electrons. The summed E-state index contributed by atoms with van der Waals surface area (Å²) in [5.74, 6) is 0.883. The van der Waals surface area contributed by atoms with Crippen LogP contribution in [0, 0.1) is 0 Å². The summed E-state index contributed by atoms with van der Waals surface area (Å²) in [6.45, 7) is 8.25. The average Bonchev–Trinajstić information content (AvgIpc) is 2.85. The number of aliphatic imine (C=N–C) groups is 1. The normalized spacial score (nSPS) is 11.7. The van der Waals surface area contributed by atoms with Crippen molar-refractivity contribution in [3.8, 4) is 0 Å². The van der Waals surface area contributed by atoms with E-state index in [1.165, 1.54) is 4.88 Å². The number of ether oxygens (including phenoxy) is 1. The van der Waals surface area contributed by atoms with Crippen LogP contribution in [0.4, 0.5) is 0 Å². The van der Waals surface area contributed by atoms with Crippen molar-refractivity contribution < 1.29 is 4.74 Å². The van der Waals surface area contributed by atoms with Crippen LogP contribution in [-0.2, 0) is 11.3 Å². The molecule has 1 heterocycles. The smallest absolute Gasteiger partial charge is 0.191 e. The molecule has 0 spiro atoms. The summed E-state index contributed by atoms with van der Waals surface area (Å²) < 4.78 is 6.45. The summed E-state index contributed by atoms with van der Waals surface area (Å²) in [6.07, 6.45) is 2.17. The summed E-state index contributed by atoms with van der Waals surface area (Å²) in [7, 11) is 0. The Morgan fingerprint density at radius 2 is 2.20 bits per heavy atom. The zero-order chi connectivity index (χ0) is 14.6. The number of halogens is 1. The molecule has 0 amide bonds. The molecule has 0 bridgehead atoms. The molecule has 1 aromatic rings. The van der Waals surface area contributed by atoms with Gasteiger partial charge in [0.2, 0.25) is 0 Å². The van der Waals surface area contributed by atoms with Gasteiger partial charge in [-0.2, -0.15) is 0 Å². The summed E-state index contributed by atoms with van der Waals surface area (Å²) >= 11 is 5.18. The summed E-state index contributed by atoms with van der Waals surface area (Å²) in [6, 6.07) is 2.11. The highest BCUT2D eigenvalue weighted by molar-refractivity contribution is 9.10. The summed E-state index contributed by atoms with van der Waals surface area (Å²) in [5, 5.41) is 8.70. The van der Waals surface area contributed by atoms with Crippen LogP contribution in [0.5, 0.6) is 0 Å². The number of hydrogen-bond donors (Lipinski definition) is 2. The van der Waals surface area contributed by atoms with Crippen LogP contribution >= 0.6 is 27.3 Å². The van der Waals surface area contributed by atoms with Crippen molar-refractivity contribution in [2.24, 2.45) is 4.99 Å². The fraction of sp³-hybridized carbons (Fsp3) is 0.643. The second-order valence-electron chi connectivity index (χ2n) is 4.26. The molecule has 1 rings (SSSR count). The maximum absolute atomic E-state index is 5.32.